The molecule has 0 aliphatic heterocycles. The quantitative estimate of drug-likeness (QED) is 0.717. The van der Waals surface area contributed by atoms with Crippen LogP contribution in [-0.2, 0) is 4.79 Å². The lowest BCUT2D eigenvalue weighted by atomic mass is 9.78. The first-order valence-electron chi connectivity index (χ1n) is 5.50. The minimum Gasteiger partial charge on any atom is -0.350 e. The molecule has 3 heteroatoms. The van der Waals surface area contributed by atoms with Gasteiger partial charge >= 0.3 is 0 Å². The first kappa shape index (κ1) is 11.5. The predicted octanol–water partition coefficient (Wildman–Crippen LogP) is 1.42. The minimum absolute atomic E-state index is 0.0147. The normalized spacial score (nSPS) is 21.5. The zero-order valence-corrected chi connectivity index (χ0v) is 9.47. The van der Waals surface area contributed by atoms with E-state index in [4.69, 9.17) is 5.73 Å². The average molecular weight is 198 g/mol. The third-order valence-electron chi connectivity index (χ3n) is 2.94. The molecule has 82 valence electrons. The molecule has 0 spiro atoms. The van der Waals surface area contributed by atoms with Gasteiger partial charge in [0.2, 0.25) is 5.91 Å². The number of carbonyl (C=O) groups is 1. The second kappa shape index (κ2) is 4.30. The predicted molar refractivity (Wildman–Crippen MR) is 57.8 cm³/mol. The first-order chi connectivity index (χ1) is 6.43. The maximum Gasteiger partial charge on any atom is 0.237 e. The summed E-state index contributed by atoms with van der Waals surface area (Å²) in [6.45, 7) is 6.26. The minimum atomic E-state index is -0.340. The Morgan fingerprint density at radius 3 is 2.43 bits per heavy atom. The van der Waals surface area contributed by atoms with Gasteiger partial charge in [0.1, 0.15) is 0 Å². The monoisotopic (exact) mass is 198 g/mol. The van der Waals surface area contributed by atoms with Gasteiger partial charge in [-0.25, -0.2) is 0 Å². The van der Waals surface area contributed by atoms with Gasteiger partial charge in [-0.2, -0.15) is 0 Å². The summed E-state index contributed by atoms with van der Waals surface area (Å²) in [6.07, 6.45) is 4.17. The van der Waals surface area contributed by atoms with Crippen LogP contribution in [0.4, 0.5) is 0 Å². The van der Waals surface area contributed by atoms with Gasteiger partial charge in [0, 0.05) is 5.54 Å². The van der Waals surface area contributed by atoms with Crippen LogP contribution in [0.5, 0.6) is 0 Å². The van der Waals surface area contributed by atoms with E-state index in [1.165, 1.54) is 6.42 Å². The van der Waals surface area contributed by atoms with Crippen LogP contribution in [-0.4, -0.2) is 17.5 Å². The molecule has 1 aliphatic rings. The Bertz CT molecular complexity index is 209. The molecule has 0 aromatic heterocycles. The molecule has 3 N–H and O–H groups in total. The lowest BCUT2D eigenvalue weighted by molar-refractivity contribution is -0.125. The van der Waals surface area contributed by atoms with Crippen molar-refractivity contribution in [1.82, 2.24) is 5.32 Å². The van der Waals surface area contributed by atoms with Crippen molar-refractivity contribution in [3.05, 3.63) is 0 Å². The van der Waals surface area contributed by atoms with Crippen LogP contribution < -0.4 is 11.1 Å². The molecular weight excluding hydrogens is 176 g/mol. The number of nitrogens with one attached hydrogen (secondary N) is 1. The Labute approximate surface area is 86.4 Å². The summed E-state index contributed by atoms with van der Waals surface area (Å²) < 4.78 is 0. The van der Waals surface area contributed by atoms with Crippen LogP contribution in [0.3, 0.4) is 0 Å². The van der Waals surface area contributed by atoms with E-state index in [9.17, 15) is 4.79 Å². The van der Waals surface area contributed by atoms with E-state index < -0.39 is 0 Å². The standard InChI is InChI=1S/C11H22N2O/c1-8(2)7-9(12)10(14)13-11(3)5-4-6-11/h8-9H,4-7,12H2,1-3H3,(H,13,14). The zero-order chi connectivity index (χ0) is 10.8. The Morgan fingerprint density at radius 2 is 2.07 bits per heavy atom. The van der Waals surface area contributed by atoms with Crippen molar-refractivity contribution in [2.24, 2.45) is 11.7 Å². The fourth-order valence-corrected chi connectivity index (χ4v) is 1.84. The van der Waals surface area contributed by atoms with E-state index in [0.29, 0.717) is 5.92 Å². The molecule has 0 radical (unpaired) electrons. The van der Waals surface area contributed by atoms with E-state index >= 15 is 0 Å². The zero-order valence-electron chi connectivity index (χ0n) is 9.47. The maximum absolute atomic E-state index is 11.7. The lowest BCUT2D eigenvalue weighted by Gasteiger charge is -2.39. The smallest absolute Gasteiger partial charge is 0.237 e. The molecule has 14 heavy (non-hydrogen) atoms. The van der Waals surface area contributed by atoms with Gasteiger partial charge in [-0.15, -0.1) is 0 Å². The molecule has 0 aromatic rings. The van der Waals surface area contributed by atoms with Gasteiger partial charge in [-0.1, -0.05) is 13.8 Å². The molecular formula is C11H22N2O. The van der Waals surface area contributed by atoms with E-state index in [1.54, 1.807) is 0 Å². The van der Waals surface area contributed by atoms with Crippen molar-refractivity contribution >= 4 is 5.91 Å². The van der Waals surface area contributed by atoms with Crippen molar-refractivity contribution in [1.29, 1.82) is 0 Å². The molecule has 1 saturated carbocycles. The van der Waals surface area contributed by atoms with E-state index in [1.807, 2.05) is 0 Å². The molecule has 0 saturated heterocycles. The number of carbonyl (C=O) groups excluding carboxylic acids is 1. The highest BCUT2D eigenvalue weighted by atomic mass is 16.2. The first-order valence-corrected chi connectivity index (χ1v) is 5.50. The van der Waals surface area contributed by atoms with Crippen LogP contribution in [0, 0.1) is 5.92 Å². The summed E-state index contributed by atoms with van der Waals surface area (Å²) in [6, 6.07) is -0.340. The summed E-state index contributed by atoms with van der Waals surface area (Å²) >= 11 is 0. The average Bonchev–Trinajstić information content (AvgIpc) is 2.00. The third kappa shape index (κ3) is 2.98. The Morgan fingerprint density at radius 1 is 1.50 bits per heavy atom. The Balaban J connectivity index is 2.33. The SMILES string of the molecule is CC(C)CC(N)C(=O)NC1(C)CCC1. The van der Waals surface area contributed by atoms with E-state index in [0.717, 1.165) is 19.3 Å². The lowest BCUT2D eigenvalue weighted by Crippen LogP contribution is -2.55. The summed E-state index contributed by atoms with van der Waals surface area (Å²) in [7, 11) is 0. The van der Waals surface area contributed by atoms with Crippen molar-refractivity contribution < 1.29 is 4.79 Å². The Kier molecular flexibility index (Phi) is 3.53. The molecule has 1 amide bonds. The maximum atomic E-state index is 11.7. The third-order valence-corrected chi connectivity index (χ3v) is 2.94. The van der Waals surface area contributed by atoms with Gasteiger partial charge in [0.25, 0.3) is 0 Å². The van der Waals surface area contributed by atoms with E-state index in [2.05, 4.69) is 26.1 Å². The molecule has 0 aromatic carbocycles. The molecule has 0 heterocycles. The van der Waals surface area contributed by atoms with Crippen LogP contribution in [0.25, 0.3) is 0 Å². The summed E-state index contributed by atoms with van der Waals surface area (Å²) in [5.41, 5.74) is 5.83. The number of amides is 1. The number of rotatable bonds is 4. The molecule has 0 bridgehead atoms. The topological polar surface area (TPSA) is 55.1 Å². The van der Waals surface area contributed by atoms with Gasteiger partial charge in [0.05, 0.1) is 6.04 Å². The fourth-order valence-electron chi connectivity index (χ4n) is 1.84. The van der Waals surface area contributed by atoms with Crippen molar-refractivity contribution in [2.75, 3.05) is 0 Å². The van der Waals surface area contributed by atoms with Crippen LogP contribution in [0.1, 0.15) is 46.5 Å². The second-order valence-corrected chi connectivity index (χ2v) is 5.14. The van der Waals surface area contributed by atoms with Crippen LogP contribution in [0.15, 0.2) is 0 Å². The van der Waals surface area contributed by atoms with Crippen molar-refractivity contribution in [3.63, 3.8) is 0 Å². The highest BCUT2D eigenvalue weighted by Crippen LogP contribution is 2.30. The highest BCUT2D eigenvalue weighted by Gasteiger charge is 2.34. The molecule has 1 unspecified atom stereocenters. The highest BCUT2D eigenvalue weighted by molar-refractivity contribution is 5.82. The molecule has 1 fully saturated rings. The van der Waals surface area contributed by atoms with Gasteiger partial charge < -0.3 is 11.1 Å². The number of nitrogens with two attached hydrogens (primary N) is 1. The summed E-state index contributed by atoms with van der Waals surface area (Å²) in [5.74, 6) is 0.492. The van der Waals surface area contributed by atoms with Crippen LogP contribution in [0.2, 0.25) is 0 Å². The molecule has 1 atom stereocenters. The summed E-state index contributed by atoms with van der Waals surface area (Å²) in [4.78, 5) is 11.7. The van der Waals surface area contributed by atoms with Gasteiger partial charge in [-0.3, -0.25) is 4.79 Å². The van der Waals surface area contributed by atoms with Crippen LogP contribution >= 0.6 is 0 Å². The molecule has 3 nitrogen and oxygen atoms in total. The van der Waals surface area contributed by atoms with Gasteiger partial charge in [0.15, 0.2) is 0 Å². The Hall–Kier alpha value is -0.570. The molecule has 1 rings (SSSR count). The number of hydrogen-bond donors (Lipinski definition) is 2. The number of hydrogen-bond acceptors (Lipinski definition) is 2. The fraction of sp³-hybridized carbons (Fsp3) is 0.909. The summed E-state index contributed by atoms with van der Waals surface area (Å²) in [5, 5.41) is 3.03. The second-order valence-electron chi connectivity index (χ2n) is 5.14. The van der Waals surface area contributed by atoms with Gasteiger partial charge in [-0.05, 0) is 38.5 Å². The van der Waals surface area contributed by atoms with Crippen molar-refractivity contribution in [3.8, 4) is 0 Å². The van der Waals surface area contributed by atoms with Crippen molar-refractivity contribution in [2.45, 2.75) is 58.0 Å². The largest absolute Gasteiger partial charge is 0.350 e. The van der Waals surface area contributed by atoms with E-state index in [-0.39, 0.29) is 17.5 Å². The molecule has 1 aliphatic carbocycles.